The lowest BCUT2D eigenvalue weighted by Gasteiger charge is -2.04. The number of rotatable bonds is 2. The van der Waals surface area contributed by atoms with Gasteiger partial charge in [0.2, 0.25) is 0 Å². The topological polar surface area (TPSA) is 17.8 Å². The highest BCUT2D eigenvalue weighted by Gasteiger charge is 2.15. The van der Waals surface area contributed by atoms with Gasteiger partial charge in [-0.3, -0.25) is 4.68 Å². The maximum atomic E-state index is 13.7. The fourth-order valence-electron chi connectivity index (χ4n) is 1.70. The van der Waals surface area contributed by atoms with Gasteiger partial charge in [-0.15, -0.1) is 0 Å². The van der Waals surface area contributed by atoms with Gasteiger partial charge in [0, 0.05) is 17.8 Å². The first-order valence-electron chi connectivity index (χ1n) is 5.51. The summed E-state index contributed by atoms with van der Waals surface area (Å²) in [5, 5.41) is 4.29. The minimum absolute atomic E-state index is 0.194. The summed E-state index contributed by atoms with van der Waals surface area (Å²) < 4.78 is 28.6. The van der Waals surface area contributed by atoms with E-state index in [-0.39, 0.29) is 11.6 Å². The minimum Gasteiger partial charge on any atom is -0.269 e. The number of benzene rings is 1. The number of hydrogen-bond donors (Lipinski definition) is 0. The van der Waals surface area contributed by atoms with Gasteiger partial charge in [-0.05, 0) is 38.5 Å². The molecule has 0 radical (unpaired) electrons. The van der Waals surface area contributed by atoms with Crippen molar-refractivity contribution in [1.82, 2.24) is 9.78 Å². The van der Waals surface area contributed by atoms with Crippen LogP contribution >= 0.6 is 0 Å². The predicted octanol–water partition coefficient (Wildman–Crippen LogP) is 3.72. The summed E-state index contributed by atoms with van der Waals surface area (Å²) >= 11 is 0. The molecule has 90 valence electrons. The van der Waals surface area contributed by atoms with E-state index in [0.717, 1.165) is 11.6 Å². The molecule has 0 N–H and O–H groups in total. The van der Waals surface area contributed by atoms with Crippen LogP contribution in [0, 0.1) is 18.6 Å². The van der Waals surface area contributed by atoms with E-state index in [1.165, 1.54) is 6.07 Å². The van der Waals surface area contributed by atoms with Crippen LogP contribution in [-0.4, -0.2) is 9.78 Å². The highest BCUT2D eigenvalue weighted by Crippen LogP contribution is 2.26. The van der Waals surface area contributed by atoms with Gasteiger partial charge in [0.05, 0.1) is 5.69 Å². The number of nitrogens with zero attached hydrogens (tertiary/aromatic N) is 2. The highest BCUT2D eigenvalue weighted by atomic mass is 19.2. The molecule has 0 bridgehead atoms. The van der Waals surface area contributed by atoms with Crippen LogP contribution < -0.4 is 0 Å². The first kappa shape index (κ1) is 11.8. The molecule has 1 heterocycles. The average molecular weight is 236 g/mol. The van der Waals surface area contributed by atoms with Crippen LogP contribution in [0.25, 0.3) is 11.3 Å². The molecule has 2 nitrogen and oxygen atoms in total. The Morgan fingerprint density at radius 3 is 2.53 bits per heavy atom. The van der Waals surface area contributed by atoms with E-state index in [1.807, 2.05) is 27.0 Å². The zero-order chi connectivity index (χ0) is 12.6. The zero-order valence-corrected chi connectivity index (χ0v) is 10.0. The molecular formula is C13H14F2N2. The molecule has 1 aromatic heterocycles. The summed E-state index contributed by atoms with van der Waals surface area (Å²) in [7, 11) is 0. The number of hydrogen-bond acceptors (Lipinski definition) is 1. The summed E-state index contributed by atoms with van der Waals surface area (Å²) in [6.45, 7) is 5.81. The van der Waals surface area contributed by atoms with E-state index in [9.17, 15) is 8.78 Å². The first-order valence-corrected chi connectivity index (χ1v) is 5.51. The van der Waals surface area contributed by atoms with Crippen molar-refractivity contribution in [2.45, 2.75) is 26.8 Å². The lowest BCUT2D eigenvalue weighted by Crippen LogP contribution is -2.01. The summed E-state index contributed by atoms with van der Waals surface area (Å²) in [4.78, 5) is 0. The van der Waals surface area contributed by atoms with Crippen molar-refractivity contribution < 1.29 is 8.78 Å². The van der Waals surface area contributed by atoms with Crippen LogP contribution in [0.3, 0.4) is 0 Å². The van der Waals surface area contributed by atoms with Crippen LogP contribution in [0.4, 0.5) is 8.78 Å². The summed E-state index contributed by atoms with van der Waals surface area (Å²) in [5.74, 6) is -1.69. The van der Waals surface area contributed by atoms with Crippen molar-refractivity contribution in [3.63, 3.8) is 0 Å². The molecule has 0 fully saturated rings. The van der Waals surface area contributed by atoms with E-state index >= 15 is 0 Å². The van der Waals surface area contributed by atoms with Crippen LogP contribution in [0.5, 0.6) is 0 Å². The monoisotopic (exact) mass is 236 g/mol. The second-order valence-electron chi connectivity index (χ2n) is 4.34. The van der Waals surface area contributed by atoms with Crippen LogP contribution in [0.1, 0.15) is 25.5 Å². The van der Waals surface area contributed by atoms with E-state index < -0.39 is 11.6 Å². The lowest BCUT2D eigenvalue weighted by molar-refractivity contribution is 0.509. The number of aromatic nitrogens is 2. The second kappa shape index (κ2) is 4.28. The largest absolute Gasteiger partial charge is 0.269 e. The molecule has 17 heavy (non-hydrogen) atoms. The van der Waals surface area contributed by atoms with Crippen molar-refractivity contribution in [2.75, 3.05) is 0 Å². The van der Waals surface area contributed by atoms with Gasteiger partial charge in [0.1, 0.15) is 0 Å². The molecule has 0 unspecified atom stereocenters. The molecule has 2 rings (SSSR count). The molecule has 2 aromatic rings. The van der Waals surface area contributed by atoms with E-state index in [0.29, 0.717) is 5.69 Å². The third kappa shape index (κ3) is 2.07. The Kier molecular flexibility index (Phi) is 2.96. The summed E-state index contributed by atoms with van der Waals surface area (Å²) in [5.41, 5.74) is 1.54. The van der Waals surface area contributed by atoms with Crippen LogP contribution in [-0.2, 0) is 0 Å². The Labute approximate surface area is 98.9 Å². The van der Waals surface area contributed by atoms with Crippen LogP contribution in [0.15, 0.2) is 24.4 Å². The Morgan fingerprint density at radius 2 is 1.94 bits per heavy atom. The van der Waals surface area contributed by atoms with E-state index in [2.05, 4.69) is 5.10 Å². The van der Waals surface area contributed by atoms with Gasteiger partial charge >= 0.3 is 0 Å². The Balaban J connectivity index is 2.57. The SMILES string of the molecule is Cc1cn(C(C)C)nc1-c1cccc(F)c1F. The molecule has 1 aromatic carbocycles. The van der Waals surface area contributed by atoms with Crippen molar-refractivity contribution in [1.29, 1.82) is 0 Å². The molecule has 0 aliphatic carbocycles. The zero-order valence-electron chi connectivity index (χ0n) is 10.0. The fraction of sp³-hybridized carbons (Fsp3) is 0.308. The second-order valence-corrected chi connectivity index (χ2v) is 4.34. The van der Waals surface area contributed by atoms with Crippen molar-refractivity contribution in [3.8, 4) is 11.3 Å². The minimum atomic E-state index is -0.846. The number of halogens is 2. The quantitative estimate of drug-likeness (QED) is 0.777. The highest BCUT2D eigenvalue weighted by molar-refractivity contribution is 5.63. The predicted molar refractivity (Wildman–Crippen MR) is 62.7 cm³/mol. The molecule has 0 saturated carbocycles. The molecule has 0 spiro atoms. The molecule has 0 saturated heterocycles. The molecule has 0 atom stereocenters. The molecule has 4 heteroatoms. The lowest BCUT2D eigenvalue weighted by atomic mass is 10.1. The molecular weight excluding hydrogens is 222 g/mol. The van der Waals surface area contributed by atoms with Crippen molar-refractivity contribution in [3.05, 3.63) is 41.6 Å². The van der Waals surface area contributed by atoms with Gasteiger partial charge in [-0.2, -0.15) is 5.10 Å². The van der Waals surface area contributed by atoms with Gasteiger partial charge < -0.3 is 0 Å². The van der Waals surface area contributed by atoms with Crippen molar-refractivity contribution >= 4 is 0 Å². The standard InChI is InChI=1S/C13H14F2N2/c1-8(2)17-7-9(3)13(16-17)10-5-4-6-11(14)12(10)15/h4-8H,1-3H3. The van der Waals surface area contributed by atoms with E-state index in [4.69, 9.17) is 0 Å². The Morgan fingerprint density at radius 1 is 1.24 bits per heavy atom. The Hall–Kier alpha value is -1.71. The van der Waals surface area contributed by atoms with Crippen molar-refractivity contribution in [2.24, 2.45) is 0 Å². The maximum absolute atomic E-state index is 13.7. The first-order chi connectivity index (χ1) is 8.00. The van der Waals surface area contributed by atoms with Gasteiger partial charge in [0.15, 0.2) is 11.6 Å². The maximum Gasteiger partial charge on any atom is 0.168 e. The number of aryl methyl sites for hydroxylation is 1. The molecule has 0 amide bonds. The molecule has 0 aliphatic rings. The molecule has 0 aliphatic heterocycles. The third-order valence-electron chi connectivity index (χ3n) is 2.65. The fourth-order valence-corrected chi connectivity index (χ4v) is 1.70. The average Bonchev–Trinajstić information content (AvgIpc) is 2.65. The third-order valence-corrected chi connectivity index (χ3v) is 2.65. The van der Waals surface area contributed by atoms with Gasteiger partial charge in [-0.1, -0.05) is 6.07 Å². The summed E-state index contributed by atoms with van der Waals surface area (Å²) in [6.07, 6.45) is 1.84. The Bertz CT molecular complexity index is 544. The smallest absolute Gasteiger partial charge is 0.168 e. The normalized spacial score (nSPS) is 11.2. The van der Waals surface area contributed by atoms with Gasteiger partial charge in [0.25, 0.3) is 0 Å². The van der Waals surface area contributed by atoms with Gasteiger partial charge in [-0.25, -0.2) is 8.78 Å². The van der Waals surface area contributed by atoms with Crippen LogP contribution in [0.2, 0.25) is 0 Å². The van der Waals surface area contributed by atoms with E-state index in [1.54, 1.807) is 10.7 Å². The summed E-state index contributed by atoms with van der Waals surface area (Å²) in [6, 6.07) is 4.33.